The van der Waals surface area contributed by atoms with Crippen LogP contribution in [0.1, 0.15) is 36.0 Å². The van der Waals surface area contributed by atoms with E-state index in [4.69, 9.17) is 6.42 Å². The monoisotopic (exact) mass is 412 g/mol. The van der Waals surface area contributed by atoms with E-state index in [1.165, 1.54) is 18.4 Å². The van der Waals surface area contributed by atoms with Gasteiger partial charge in [0.25, 0.3) is 0 Å². The molecule has 0 saturated carbocycles. The Bertz CT molecular complexity index is 988. The summed E-state index contributed by atoms with van der Waals surface area (Å²) in [5, 5.41) is 22.2. The number of pyridine rings is 1. The second-order valence-corrected chi connectivity index (χ2v) is 7.96. The molecule has 3 rings (SSSR count). The van der Waals surface area contributed by atoms with Gasteiger partial charge in [-0.1, -0.05) is 36.3 Å². The first kappa shape index (κ1) is 22.2. The van der Waals surface area contributed by atoms with Crippen molar-refractivity contribution in [2.75, 3.05) is 43.4 Å². The lowest BCUT2D eigenvalue weighted by molar-refractivity contribution is 0.174. The number of piperidine rings is 1. The molecule has 0 bridgehead atoms. The number of aromatic nitrogens is 1. The zero-order chi connectivity index (χ0) is 22.1. The molecular formula is C25H28N6. The summed E-state index contributed by atoms with van der Waals surface area (Å²) in [5.41, 5.74) is 2.10. The molecule has 0 aliphatic carbocycles. The van der Waals surface area contributed by atoms with E-state index >= 15 is 0 Å². The average Bonchev–Trinajstić information content (AvgIpc) is 2.80. The highest BCUT2D eigenvalue weighted by atomic mass is 15.2. The van der Waals surface area contributed by atoms with E-state index in [0.717, 1.165) is 32.6 Å². The lowest BCUT2D eigenvalue weighted by Crippen LogP contribution is -2.33. The van der Waals surface area contributed by atoms with Gasteiger partial charge in [0.15, 0.2) is 0 Å². The lowest BCUT2D eigenvalue weighted by Gasteiger charge is -2.32. The Balaban J connectivity index is 1.53. The predicted molar refractivity (Wildman–Crippen MR) is 123 cm³/mol. The molecule has 1 aliphatic heterocycles. The van der Waals surface area contributed by atoms with Crippen molar-refractivity contribution < 1.29 is 0 Å². The molecule has 31 heavy (non-hydrogen) atoms. The van der Waals surface area contributed by atoms with E-state index in [1.54, 1.807) is 18.0 Å². The van der Waals surface area contributed by atoms with Crippen LogP contribution in [0.15, 0.2) is 36.4 Å². The van der Waals surface area contributed by atoms with E-state index in [0.29, 0.717) is 35.2 Å². The molecule has 1 aromatic carbocycles. The molecule has 1 aliphatic rings. The minimum atomic E-state index is 0.342. The molecule has 2 heterocycles. The second-order valence-electron chi connectivity index (χ2n) is 7.96. The fourth-order valence-electron chi connectivity index (χ4n) is 3.98. The van der Waals surface area contributed by atoms with Gasteiger partial charge in [-0.2, -0.15) is 10.5 Å². The zero-order valence-corrected chi connectivity index (χ0v) is 18.0. The van der Waals surface area contributed by atoms with Gasteiger partial charge in [-0.25, -0.2) is 4.98 Å². The largest absolute Gasteiger partial charge is 0.369 e. The molecule has 6 heteroatoms. The maximum atomic E-state index is 9.48. The van der Waals surface area contributed by atoms with Crippen molar-refractivity contribution in [3.05, 3.63) is 53.1 Å². The third-order valence-corrected chi connectivity index (χ3v) is 5.73. The fourth-order valence-corrected chi connectivity index (χ4v) is 3.98. The van der Waals surface area contributed by atoms with Crippen LogP contribution >= 0.6 is 0 Å². The quantitative estimate of drug-likeness (QED) is 0.668. The van der Waals surface area contributed by atoms with E-state index < -0.39 is 0 Å². The van der Waals surface area contributed by atoms with Gasteiger partial charge in [0.05, 0.1) is 17.7 Å². The van der Waals surface area contributed by atoms with Crippen LogP contribution in [0.5, 0.6) is 0 Å². The Morgan fingerprint density at radius 1 is 1.16 bits per heavy atom. The standard InChI is InChI=1S/C25H28N6/c1-3-13-30(2)25-23(18-27)16-22(17-26)24(29-25)28-12-9-20-10-14-31(15-11-20)19-21-7-5-4-6-8-21/h1,4-8,16,20H,9-15,19H2,2H3,(H,28,29). The number of rotatable bonds is 8. The molecule has 6 nitrogen and oxygen atoms in total. The molecule has 0 unspecified atom stereocenters. The molecule has 1 fully saturated rings. The summed E-state index contributed by atoms with van der Waals surface area (Å²) < 4.78 is 0. The minimum Gasteiger partial charge on any atom is -0.369 e. The van der Waals surface area contributed by atoms with Crippen molar-refractivity contribution in [1.82, 2.24) is 9.88 Å². The Labute approximate surface area is 185 Å². The first-order valence-electron chi connectivity index (χ1n) is 10.6. The summed E-state index contributed by atoms with van der Waals surface area (Å²) in [6.07, 6.45) is 8.78. The Morgan fingerprint density at radius 2 is 1.87 bits per heavy atom. The topological polar surface area (TPSA) is 79.0 Å². The predicted octanol–water partition coefficient (Wildman–Crippen LogP) is 3.61. The first-order valence-corrected chi connectivity index (χ1v) is 10.6. The van der Waals surface area contributed by atoms with E-state index in [9.17, 15) is 10.5 Å². The molecule has 0 amide bonds. The average molecular weight is 413 g/mol. The number of anilines is 2. The number of nitrogens with zero attached hydrogens (tertiary/aromatic N) is 5. The van der Waals surface area contributed by atoms with Crippen LogP contribution in [0.25, 0.3) is 0 Å². The van der Waals surface area contributed by atoms with Gasteiger partial charge in [-0.15, -0.1) is 6.42 Å². The van der Waals surface area contributed by atoms with Gasteiger partial charge in [0.2, 0.25) is 0 Å². The fraction of sp³-hybridized carbons (Fsp3) is 0.400. The number of nitriles is 2. The van der Waals surface area contributed by atoms with Gasteiger partial charge in [0.1, 0.15) is 23.8 Å². The van der Waals surface area contributed by atoms with Crippen LogP contribution in [-0.2, 0) is 6.54 Å². The van der Waals surface area contributed by atoms with Gasteiger partial charge < -0.3 is 10.2 Å². The number of hydrogen-bond donors (Lipinski definition) is 1. The summed E-state index contributed by atoms with van der Waals surface area (Å²) in [6, 6.07) is 16.4. The number of likely N-dealkylation sites (tertiary alicyclic amines) is 1. The third kappa shape index (κ3) is 5.98. The number of benzene rings is 1. The van der Waals surface area contributed by atoms with Crippen molar-refractivity contribution in [3.8, 4) is 24.5 Å². The molecule has 0 atom stereocenters. The van der Waals surface area contributed by atoms with E-state index in [1.807, 2.05) is 0 Å². The normalized spacial score (nSPS) is 14.3. The Morgan fingerprint density at radius 3 is 2.52 bits per heavy atom. The maximum Gasteiger partial charge on any atom is 0.149 e. The van der Waals surface area contributed by atoms with Crippen molar-refractivity contribution in [3.63, 3.8) is 0 Å². The Kier molecular flexibility index (Phi) is 7.88. The molecule has 1 aromatic heterocycles. The van der Waals surface area contributed by atoms with Crippen LogP contribution in [-0.4, -0.2) is 43.1 Å². The minimum absolute atomic E-state index is 0.342. The smallest absolute Gasteiger partial charge is 0.149 e. The molecule has 1 N–H and O–H groups in total. The van der Waals surface area contributed by atoms with Crippen molar-refractivity contribution >= 4 is 11.6 Å². The van der Waals surface area contributed by atoms with Gasteiger partial charge in [0, 0.05) is 20.1 Å². The first-order chi connectivity index (χ1) is 15.1. The van der Waals surface area contributed by atoms with Crippen molar-refractivity contribution in [2.45, 2.75) is 25.8 Å². The highest BCUT2D eigenvalue weighted by molar-refractivity contribution is 5.64. The summed E-state index contributed by atoms with van der Waals surface area (Å²) in [4.78, 5) is 8.80. The number of terminal acetylenes is 1. The van der Waals surface area contributed by atoms with Gasteiger partial charge in [-0.05, 0) is 49.9 Å². The van der Waals surface area contributed by atoms with E-state index in [-0.39, 0.29) is 0 Å². The van der Waals surface area contributed by atoms with E-state index in [2.05, 4.69) is 63.6 Å². The summed E-state index contributed by atoms with van der Waals surface area (Å²) in [7, 11) is 1.79. The third-order valence-electron chi connectivity index (χ3n) is 5.73. The molecule has 2 aromatic rings. The molecule has 158 valence electrons. The van der Waals surface area contributed by atoms with Crippen LogP contribution in [0, 0.1) is 40.9 Å². The molecule has 1 saturated heterocycles. The van der Waals surface area contributed by atoms with Crippen LogP contribution in [0.2, 0.25) is 0 Å². The molecular weight excluding hydrogens is 384 g/mol. The molecule has 0 spiro atoms. The van der Waals surface area contributed by atoms with Crippen LogP contribution < -0.4 is 10.2 Å². The van der Waals surface area contributed by atoms with Gasteiger partial charge >= 0.3 is 0 Å². The summed E-state index contributed by atoms with van der Waals surface area (Å²) in [5.74, 6) is 4.23. The molecule has 0 radical (unpaired) electrons. The zero-order valence-electron chi connectivity index (χ0n) is 18.0. The highest BCUT2D eigenvalue weighted by Gasteiger charge is 2.20. The Hall–Kier alpha value is -3.53. The number of hydrogen-bond acceptors (Lipinski definition) is 6. The lowest BCUT2D eigenvalue weighted by atomic mass is 9.93. The van der Waals surface area contributed by atoms with Crippen molar-refractivity contribution in [2.24, 2.45) is 5.92 Å². The van der Waals surface area contributed by atoms with Crippen LogP contribution in [0.4, 0.5) is 11.6 Å². The second kappa shape index (κ2) is 11.0. The van der Waals surface area contributed by atoms with Gasteiger partial charge in [-0.3, -0.25) is 4.90 Å². The summed E-state index contributed by atoms with van der Waals surface area (Å²) >= 11 is 0. The summed E-state index contributed by atoms with van der Waals surface area (Å²) in [6.45, 7) is 4.32. The highest BCUT2D eigenvalue weighted by Crippen LogP contribution is 2.25. The van der Waals surface area contributed by atoms with Crippen LogP contribution in [0.3, 0.4) is 0 Å². The van der Waals surface area contributed by atoms with Crippen molar-refractivity contribution in [1.29, 1.82) is 10.5 Å². The SMILES string of the molecule is C#CCN(C)c1nc(NCCC2CCN(Cc3ccccc3)CC2)c(C#N)cc1C#N. The maximum absolute atomic E-state index is 9.48. The number of nitrogens with one attached hydrogen (secondary N) is 1.